The van der Waals surface area contributed by atoms with Gasteiger partial charge in [0.15, 0.2) is 0 Å². The van der Waals surface area contributed by atoms with Crippen LogP contribution in [0.4, 0.5) is 0 Å². The molecule has 0 radical (unpaired) electrons. The molecule has 0 aliphatic rings. The van der Waals surface area contributed by atoms with E-state index in [9.17, 15) is 0 Å². The summed E-state index contributed by atoms with van der Waals surface area (Å²) in [5, 5.41) is 7.67. The lowest BCUT2D eigenvalue weighted by Gasteiger charge is -2.17. The maximum atomic E-state index is 4.25. The van der Waals surface area contributed by atoms with Gasteiger partial charge in [0.2, 0.25) is 0 Å². The van der Waals surface area contributed by atoms with E-state index in [1.807, 2.05) is 17.9 Å². The molecule has 0 atom stereocenters. The van der Waals surface area contributed by atoms with E-state index in [2.05, 4.69) is 43.1 Å². The van der Waals surface area contributed by atoms with E-state index in [1.54, 1.807) is 0 Å². The van der Waals surface area contributed by atoms with E-state index in [0.29, 0.717) is 6.04 Å². The first kappa shape index (κ1) is 13.2. The van der Waals surface area contributed by atoms with Gasteiger partial charge in [0.25, 0.3) is 0 Å². The van der Waals surface area contributed by atoms with Crippen LogP contribution < -0.4 is 5.32 Å². The van der Waals surface area contributed by atoms with Gasteiger partial charge in [-0.2, -0.15) is 5.10 Å². The lowest BCUT2D eigenvalue weighted by atomic mass is 10.2. The van der Waals surface area contributed by atoms with E-state index in [-0.39, 0.29) is 0 Å². The van der Waals surface area contributed by atoms with Gasteiger partial charge in [-0.1, -0.05) is 13.8 Å². The van der Waals surface area contributed by atoms with Crippen molar-refractivity contribution in [2.75, 3.05) is 20.1 Å². The molecule has 0 amide bonds. The average Bonchev–Trinajstić information content (AvgIpc) is 2.49. The minimum absolute atomic E-state index is 0.563. The second-order valence-electron chi connectivity index (χ2n) is 4.73. The van der Waals surface area contributed by atoms with Gasteiger partial charge in [0.05, 0.1) is 6.20 Å². The number of likely N-dealkylation sites (N-methyl/N-ethyl adjacent to an activating group) is 1. The molecule has 0 aromatic carbocycles. The predicted octanol–water partition coefficient (Wildman–Crippen LogP) is 1.16. The largest absolute Gasteiger partial charge is 0.313 e. The first-order chi connectivity index (χ1) is 7.50. The number of aryl methyl sites for hydroxylation is 1. The summed E-state index contributed by atoms with van der Waals surface area (Å²) < 4.78 is 1.93. The highest BCUT2D eigenvalue weighted by molar-refractivity contribution is 5.15. The van der Waals surface area contributed by atoms with Crippen LogP contribution >= 0.6 is 0 Å². The third-order valence-corrected chi connectivity index (χ3v) is 2.82. The third kappa shape index (κ3) is 3.94. The Hall–Kier alpha value is -0.870. The fourth-order valence-electron chi connectivity index (χ4n) is 1.61. The third-order valence-electron chi connectivity index (χ3n) is 2.82. The highest BCUT2D eigenvalue weighted by Gasteiger charge is 2.06. The van der Waals surface area contributed by atoms with E-state index >= 15 is 0 Å². The average molecular weight is 224 g/mol. The summed E-state index contributed by atoms with van der Waals surface area (Å²) in [7, 11) is 4.13. The monoisotopic (exact) mass is 224 g/mol. The van der Waals surface area contributed by atoms with Crippen molar-refractivity contribution in [2.24, 2.45) is 7.05 Å². The molecule has 1 heterocycles. The van der Waals surface area contributed by atoms with Crippen LogP contribution in [-0.2, 0) is 13.6 Å². The molecule has 0 saturated heterocycles. The van der Waals surface area contributed by atoms with E-state index in [0.717, 1.165) is 19.6 Å². The maximum absolute atomic E-state index is 4.25. The molecule has 0 aliphatic carbocycles. The lowest BCUT2D eigenvalue weighted by Crippen LogP contribution is -2.32. The van der Waals surface area contributed by atoms with Crippen LogP contribution in [0.5, 0.6) is 0 Å². The van der Waals surface area contributed by atoms with Gasteiger partial charge in [-0.05, 0) is 14.0 Å². The summed E-state index contributed by atoms with van der Waals surface area (Å²) in [6, 6.07) is 0.563. The Morgan fingerprint density at radius 1 is 1.50 bits per heavy atom. The normalized spacial score (nSPS) is 11.7. The van der Waals surface area contributed by atoms with Gasteiger partial charge in [0, 0.05) is 44.0 Å². The molecule has 16 heavy (non-hydrogen) atoms. The van der Waals surface area contributed by atoms with Crippen LogP contribution in [0.25, 0.3) is 0 Å². The number of hydrogen-bond acceptors (Lipinski definition) is 3. The number of nitrogens with one attached hydrogen (secondary N) is 1. The lowest BCUT2D eigenvalue weighted by molar-refractivity contribution is 0.319. The van der Waals surface area contributed by atoms with Gasteiger partial charge < -0.3 is 10.2 Å². The fraction of sp³-hybridized carbons (Fsp3) is 0.750. The molecule has 1 rings (SSSR count). The minimum Gasteiger partial charge on any atom is -0.313 e. The molecule has 1 N–H and O–H groups in total. The van der Waals surface area contributed by atoms with Crippen molar-refractivity contribution < 1.29 is 0 Å². The van der Waals surface area contributed by atoms with Crippen LogP contribution in [0.1, 0.15) is 25.1 Å². The van der Waals surface area contributed by atoms with Crippen molar-refractivity contribution >= 4 is 0 Å². The molecule has 0 spiro atoms. The predicted molar refractivity (Wildman–Crippen MR) is 67.4 cm³/mol. The maximum Gasteiger partial charge on any atom is 0.0537 e. The summed E-state index contributed by atoms with van der Waals surface area (Å²) in [5.41, 5.74) is 2.57. The molecule has 0 saturated carbocycles. The Bertz CT molecular complexity index is 317. The molecule has 1 aromatic rings. The number of aromatic nitrogens is 2. The van der Waals surface area contributed by atoms with Gasteiger partial charge in [-0.15, -0.1) is 0 Å². The Balaban J connectivity index is 2.34. The topological polar surface area (TPSA) is 33.1 Å². The fourth-order valence-corrected chi connectivity index (χ4v) is 1.61. The van der Waals surface area contributed by atoms with Crippen LogP contribution in [0.2, 0.25) is 0 Å². The molecule has 4 nitrogen and oxygen atoms in total. The molecule has 0 aliphatic heterocycles. The second-order valence-corrected chi connectivity index (χ2v) is 4.73. The van der Waals surface area contributed by atoms with E-state index in [4.69, 9.17) is 0 Å². The van der Waals surface area contributed by atoms with Crippen molar-refractivity contribution in [3.63, 3.8) is 0 Å². The van der Waals surface area contributed by atoms with Crippen molar-refractivity contribution in [3.05, 3.63) is 17.5 Å². The van der Waals surface area contributed by atoms with Gasteiger partial charge in [-0.3, -0.25) is 4.68 Å². The summed E-state index contributed by atoms with van der Waals surface area (Å²) in [6.07, 6.45) is 1.96. The van der Waals surface area contributed by atoms with Gasteiger partial charge in [0.1, 0.15) is 0 Å². The summed E-state index contributed by atoms with van der Waals surface area (Å²) >= 11 is 0. The zero-order chi connectivity index (χ0) is 12.1. The second kappa shape index (κ2) is 6.01. The molecule has 0 bridgehead atoms. The number of nitrogens with zero attached hydrogens (tertiary/aromatic N) is 3. The standard InChI is InChI=1S/C12H24N4/c1-10(2)13-6-7-15(4)9-12-8-14-16(5)11(12)3/h8,10,13H,6-7,9H2,1-5H3. The summed E-state index contributed by atoms with van der Waals surface area (Å²) in [5.74, 6) is 0. The molecule has 4 heteroatoms. The smallest absolute Gasteiger partial charge is 0.0537 e. The minimum atomic E-state index is 0.563. The number of rotatable bonds is 6. The van der Waals surface area contributed by atoms with Crippen LogP contribution in [0.3, 0.4) is 0 Å². The Morgan fingerprint density at radius 2 is 2.19 bits per heavy atom. The van der Waals surface area contributed by atoms with Crippen molar-refractivity contribution in [1.82, 2.24) is 20.0 Å². The zero-order valence-corrected chi connectivity index (χ0v) is 11.1. The molecule has 0 fully saturated rings. The van der Waals surface area contributed by atoms with E-state index < -0.39 is 0 Å². The van der Waals surface area contributed by atoms with E-state index in [1.165, 1.54) is 11.3 Å². The Morgan fingerprint density at radius 3 is 2.69 bits per heavy atom. The van der Waals surface area contributed by atoms with Gasteiger partial charge in [-0.25, -0.2) is 0 Å². The van der Waals surface area contributed by atoms with Crippen molar-refractivity contribution in [3.8, 4) is 0 Å². The Labute approximate surface area is 98.6 Å². The first-order valence-electron chi connectivity index (χ1n) is 5.90. The molecule has 92 valence electrons. The molecule has 0 unspecified atom stereocenters. The quantitative estimate of drug-likeness (QED) is 0.787. The molecular weight excluding hydrogens is 200 g/mol. The van der Waals surface area contributed by atoms with Crippen molar-refractivity contribution in [1.29, 1.82) is 0 Å². The highest BCUT2D eigenvalue weighted by atomic mass is 15.3. The molecule has 1 aromatic heterocycles. The van der Waals surface area contributed by atoms with Crippen LogP contribution in [0, 0.1) is 6.92 Å². The van der Waals surface area contributed by atoms with Gasteiger partial charge >= 0.3 is 0 Å². The van der Waals surface area contributed by atoms with Crippen LogP contribution in [0.15, 0.2) is 6.20 Å². The molecular formula is C12H24N4. The highest BCUT2D eigenvalue weighted by Crippen LogP contribution is 2.07. The zero-order valence-electron chi connectivity index (χ0n) is 11.1. The van der Waals surface area contributed by atoms with Crippen molar-refractivity contribution in [2.45, 2.75) is 33.4 Å². The van der Waals surface area contributed by atoms with Crippen LogP contribution in [-0.4, -0.2) is 40.9 Å². The Kier molecular flexibility index (Phi) is 4.96. The summed E-state index contributed by atoms with van der Waals surface area (Å²) in [4.78, 5) is 2.32. The number of hydrogen-bond donors (Lipinski definition) is 1. The summed E-state index contributed by atoms with van der Waals surface area (Å²) in [6.45, 7) is 9.53. The first-order valence-corrected chi connectivity index (χ1v) is 5.90. The SMILES string of the molecule is Cc1c(CN(C)CCNC(C)C)cnn1C.